The van der Waals surface area contributed by atoms with Gasteiger partial charge >= 0.3 is 0 Å². The Bertz CT molecular complexity index is 465. The molecule has 2 saturated heterocycles. The first-order valence-electron chi connectivity index (χ1n) is 6.11. The van der Waals surface area contributed by atoms with Gasteiger partial charge in [-0.05, 0) is 24.8 Å². The van der Waals surface area contributed by atoms with Gasteiger partial charge in [-0.3, -0.25) is 0 Å². The molecule has 0 aliphatic carbocycles. The number of rotatable bonds is 1. The molecule has 0 aromatic carbocycles. The van der Waals surface area contributed by atoms with Gasteiger partial charge in [0.2, 0.25) is 0 Å². The maximum atomic E-state index is 9.04. The molecule has 0 spiro atoms. The molecule has 0 radical (unpaired) electrons. The molecule has 17 heavy (non-hydrogen) atoms. The lowest BCUT2D eigenvalue weighted by Gasteiger charge is -2.20. The van der Waals surface area contributed by atoms with E-state index in [2.05, 4.69) is 21.3 Å². The molecule has 0 saturated carbocycles. The summed E-state index contributed by atoms with van der Waals surface area (Å²) in [4.78, 5) is 6.79. The van der Waals surface area contributed by atoms with E-state index >= 15 is 0 Å². The fraction of sp³-hybridized carbons (Fsp3) is 0.538. The van der Waals surface area contributed by atoms with Gasteiger partial charge in [0, 0.05) is 37.9 Å². The molecule has 3 rings (SSSR count). The normalized spacial score (nSPS) is 26.9. The number of nitrogens with zero attached hydrogens (tertiary/aromatic N) is 3. The molecule has 2 aliphatic rings. The molecule has 3 heterocycles. The molecule has 2 fully saturated rings. The first-order valence-corrected chi connectivity index (χ1v) is 6.11. The standard InChI is InChI=1S/C13H16N4/c1-9-10(4-14)2-3-16-13(9)17-7-11-5-15-6-12(11)8-17/h2-3,11-12,15H,5-8H2,1H3/t11-,12+. The number of fused-ring (bicyclic) bond motifs is 1. The summed E-state index contributed by atoms with van der Waals surface area (Å²) in [6, 6.07) is 4.02. The number of anilines is 1. The molecule has 1 aromatic rings. The third kappa shape index (κ3) is 1.67. The van der Waals surface area contributed by atoms with Gasteiger partial charge in [0.05, 0.1) is 11.6 Å². The summed E-state index contributed by atoms with van der Waals surface area (Å²) >= 11 is 0. The second-order valence-electron chi connectivity index (χ2n) is 5.00. The van der Waals surface area contributed by atoms with Crippen molar-refractivity contribution >= 4 is 5.82 Å². The van der Waals surface area contributed by atoms with Crippen molar-refractivity contribution in [3.63, 3.8) is 0 Å². The zero-order chi connectivity index (χ0) is 11.8. The molecule has 4 heteroatoms. The van der Waals surface area contributed by atoms with Crippen molar-refractivity contribution in [2.75, 3.05) is 31.1 Å². The summed E-state index contributed by atoms with van der Waals surface area (Å²) < 4.78 is 0. The molecule has 1 aromatic heterocycles. The minimum atomic E-state index is 0.741. The van der Waals surface area contributed by atoms with Crippen LogP contribution in [0.1, 0.15) is 11.1 Å². The monoisotopic (exact) mass is 228 g/mol. The summed E-state index contributed by atoms with van der Waals surface area (Å²) in [6.45, 7) is 6.38. The molecule has 0 bridgehead atoms. The molecule has 2 atom stereocenters. The summed E-state index contributed by atoms with van der Waals surface area (Å²) in [5.41, 5.74) is 1.76. The Morgan fingerprint density at radius 2 is 2.12 bits per heavy atom. The first kappa shape index (κ1) is 10.5. The molecule has 2 aliphatic heterocycles. The second-order valence-corrected chi connectivity index (χ2v) is 5.00. The Labute approximate surface area is 101 Å². The smallest absolute Gasteiger partial charge is 0.132 e. The SMILES string of the molecule is Cc1c(C#N)ccnc1N1C[C@H]2CNC[C@H]2C1. The lowest BCUT2D eigenvalue weighted by atomic mass is 10.0. The fourth-order valence-electron chi connectivity index (χ4n) is 2.99. The highest BCUT2D eigenvalue weighted by atomic mass is 15.2. The Hall–Kier alpha value is -1.60. The average molecular weight is 228 g/mol. The molecule has 88 valence electrons. The van der Waals surface area contributed by atoms with Crippen molar-refractivity contribution in [1.82, 2.24) is 10.3 Å². The molecule has 0 amide bonds. The van der Waals surface area contributed by atoms with Gasteiger partial charge in [-0.1, -0.05) is 0 Å². The van der Waals surface area contributed by atoms with Crippen LogP contribution in [0.25, 0.3) is 0 Å². The van der Waals surface area contributed by atoms with E-state index in [0.717, 1.165) is 55.0 Å². The zero-order valence-corrected chi connectivity index (χ0v) is 9.98. The third-order valence-corrected chi connectivity index (χ3v) is 3.99. The van der Waals surface area contributed by atoms with Gasteiger partial charge in [-0.15, -0.1) is 0 Å². The van der Waals surface area contributed by atoms with Gasteiger partial charge < -0.3 is 10.2 Å². The van der Waals surface area contributed by atoms with E-state index in [4.69, 9.17) is 5.26 Å². The number of hydrogen-bond donors (Lipinski definition) is 1. The van der Waals surface area contributed by atoms with E-state index in [-0.39, 0.29) is 0 Å². The summed E-state index contributed by atoms with van der Waals surface area (Å²) in [5, 5.41) is 12.5. The fourth-order valence-corrected chi connectivity index (χ4v) is 2.99. The van der Waals surface area contributed by atoms with Crippen LogP contribution in [0.4, 0.5) is 5.82 Å². The highest BCUT2D eigenvalue weighted by molar-refractivity contribution is 5.54. The quantitative estimate of drug-likeness (QED) is 0.776. The van der Waals surface area contributed by atoms with Gasteiger partial charge in [-0.2, -0.15) is 5.26 Å². The van der Waals surface area contributed by atoms with E-state index in [1.165, 1.54) is 0 Å². The predicted octanol–water partition coefficient (Wildman–Crippen LogP) is 0.917. The maximum absolute atomic E-state index is 9.04. The summed E-state index contributed by atoms with van der Waals surface area (Å²) in [7, 11) is 0. The number of hydrogen-bond acceptors (Lipinski definition) is 4. The summed E-state index contributed by atoms with van der Waals surface area (Å²) in [5.74, 6) is 2.50. The van der Waals surface area contributed by atoms with E-state index < -0.39 is 0 Å². The van der Waals surface area contributed by atoms with Crippen molar-refractivity contribution in [2.24, 2.45) is 11.8 Å². The van der Waals surface area contributed by atoms with Crippen LogP contribution in [0.5, 0.6) is 0 Å². The Morgan fingerprint density at radius 1 is 1.41 bits per heavy atom. The molecule has 1 N–H and O–H groups in total. The topological polar surface area (TPSA) is 52.0 Å². The Morgan fingerprint density at radius 3 is 2.76 bits per heavy atom. The van der Waals surface area contributed by atoms with Crippen LogP contribution in [0.15, 0.2) is 12.3 Å². The molecular formula is C13H16N4. The van der Waals surface area contributed by atoms with Crippen molar-refractivity contribution in [2.45, 2.75) is 6.92 Å². The summed E-state index contributed by atoms with van der Waals surface area (Å²) in [6.07, 6.45) is 1.74. The predicted molar refractivity (Wildman–Crippen MR) is 65.8 cm³/mol. The minimum absolute atomic E-state index is 0.741. The van der Waals surface area contributed by atoms with E-state index in [1.54, 1.807) is 12.3 Å². The average Bonchev–Trinajstić information content (AvgIpc) is 2.89. The maximum Gasteiger partial charge on any atom is 0.132 e. The van der Waals surface area contributed by atoms with Crippen molar-refractivity contribution in [3.05, 3.63) is 23.4 Å². The van der Waals surface area contributed by atoms with Crippen LogP contribution in [0.3, 0.4) is 0 Å². The minimum Gasteiger partial charge on any atom is -0.356 e. The Kier molecular flexibility index (Phi) is 2.49. The van der Waals surface area contributed by atoms with Crippen molar-refractivity contribution in [1.29, 1.82) is 5.26 Å². The number of pyridine rings is 1. The highest BCUT2D eigenvalue weighted by Crippen LogP contribution is 2.31. The lowest BCUT2D eigenvalue weighted by Crippen LogP contribution is -2.27. The van der Waals surface area contributed by atoms with Gasteiger partial charge in [0.25, 0.3) is 0 Å². The molecule has 0 unspecified atom stereocenters. The number of nitriles is 1. The van der Waals surface area contributed by atoms with Gasteiger partial charge in [0.15, 0.2) is 0 Å². The van der Waals surface area contributed by atoms with Crippen molar-refractivity contribution in [3.8, 4) is 6.07 Å². The molecular weight excluding hydrogens is 212 g/mol. The van der Waals surface area contributed by atoms with E-state index in [9.17, 15) is 0 Å². The van der Waals surface area contributed by atoms with Crippen LogP contribution in [0.2, 0.25) is 0 Å². The van der Waals surface area contributed by atoms with Gasteiger partial charge in [-0.25, -0.2) is 4.98 Å². The largest absolute Gasteiger partial charge is 0.356 e. The van der Waals surface area contributed by atoms with Crippen LogP contribution in [0, 0.1) is 30.1 Å². The number of aromatic nitrogens is 1. The molecule has 4 nitrogen and oxygen atoms in total. The highest BCUT2D eigenvalue weighted by Gasteiger charge is 2.37. The second kappa shape index (κ2) is 4.01. The first-order chi connectivity index (χ1) is 8.29. The van der Waals surface area contributed by atoms with Crippen LogP contribution in [-0.4, -0.2) is 31.2 Å². The van der Waals surface area contributed by atoms with Crippen LogP contribution in [-0.2, 0) is 0 Å². The van der Waals surface area contributed by atoms with Gasteiger partial charge in [0.1, 0.15) is 5.82 Å². The van der Waals surface area contributed by atoms with E-state index in [1.807, 2.05) is 6.92 Å². The lowest BCUT2D eigenvalue weighted by molar-refractivity contribution is 0.533. The zero-order valence-electron chi connectivity index (χ0n) is 9.98. The third-order valence-electron chi connectivity index (χ3n) is 3.99. The van der Waals surface area contributed by atoms with Crippen molar-refractivity contribution < 1.29 is 0 Å². The van der Waals surface area contributed by atoms with Crippen LogP contribution < -0.4 is 10.2 Å². The van der Waals surface area contributed by atoms with E-state index in [0.29, 0.717) is 0 Å². The Balaban J connectivity index is 1.89. The van der Waals surface area contributed by atoms with Crippen LogP contribution >= 0.6 is 0 Å². The number of nitrogens with one attached hydrogen (secondary N) is 1.